The van der Waals surface area contributed by atoms with Crippen molar-refractivity contribution in [2.45, 2.75) is 19.4 Å². The van der Waals surface area contributed by atoms with Crippen LogP contribution in [-0.2, 0) is 4.79 Å². The van der Waals surface area contributed by atoms with Crippen molar-refractivity contribution in [3.63, 3.8) is 0 Å². The van der Waals surface area contributed by atoms with E-state index in [9.17, 15) is 4.79 Å². The Balaban J connectivity index is 2.84. The first-order valence-corrected chi connectivity index (χ1v) is 5.26. The summed E-state index contributed by atoms with van der Waals surface area (Å²) in [7, 11) is 0. The summed E-state index contributed by atoms with van der Waals surface area (Å²) in [5.74, 6) is 2.27. The van der Waals surface area contributed by atoms with Crippen molar-refractivity contribution in [1.82, 2.24) is 0 Å². The van der Waals surface area contributed by atoms with Gasteiger partial charge in [-0.2, -0.15) is 0 Å². The zero-order valence-corrected chi connectivity index (χ0v) is 9.39. The van der Waals surface area contributed by atoms with Crippen molar-refractivity contribution in [3.05, 3.63) is 30.3 Å². The molecule has 1 unspecified atom stereocenters. The van der Waals surface area contributed by atoms with Crippen LogP contribution in [0.25, 0.3) is 0 Å². The Hall–Kier alpha value is -1.79. The Kier molecular flexibility index (Phi) is 4.56. The number of likely N-dealkylation sites (N-methyl/N-ethyl adjacent to an activating group) is 1. The molecule has 0 bridgehead atoms. The molecule has 3 nitrogen and oxygen atoms in total. The van der Waals surface area contributed by atoms with E-state index in [-0.39, 0.29) is 12.3 Å². The average molecular weight is 216 g/mol. The third-order valence-corrected chi connectivity index (χ3v) is 2.31. The monoisotopic (exact) mass is 216 g/mol. The van der Waals surface area contributed by atoms with Gasteiger partial charge in [-0.1, -0.05) is 18.2 Å². The van der Waals surface area contributed by atoms with Gasteiger partial charge < -0.3 is 10.6 Å². The van der Waals surface area contributed by atoms with Gasteiger partial charge in [0.05, 0.1) is 6.04 Å². The van der Waals surface area contributed by atoms with Gasteiger partial charge in [-0.05, 0) is 19.1 Å². The third kappa shape index (κ3) is 2.85. The smallest absolute Gasteiger partial charge is 0.244 e. The zero-order chi connectivity index (χ0) is 12.0. The second-order valence-electron chi connectivity index (χ2n) is 3.43. The molecule has 1 aromatic rings. The highest BCUT2D eigenvalue weighted by Gasteiger charge is 2.19. The maximum atomic E-state index is 12.0. The first-order chi connectivity index (χ1) is 7.70. The molecule has 0 saturated carbocycles. The van der Waals surface area contributed by atoms with Gasteiger partial charge >= 0.3 is 0 Å². The molecule has 3 heteroatoms. The van der Waals surface area contributed by atoms with Crippen molar-refractivity contribution in [2.24, 2.45) is 5.73 Å². The van der Waals surface area contributed by atoms with E-state index >= 15 is 0 Å². The summed E-state index contributed by atoms with van der Waals surface area (Å²) < 4.78 is 0. The fourth-order valence-electron chi connectivity index (χ4n) is 1.49. The highest BCUT2D eigenvalue weighted by molar-refractivity contribution is 5.97. The summed E-state index contributed by atoms with van der Waals surface area (Å²) in [5.41, 5.74) is 6.56. The van der Waals surface area contributed by atoms with E-state index in [1.165, 1.54) is 0 Å². The van der Waals surface area contributed by atoms with Crippen molar-refractivity contribution in [2.75, 3.05) is 11.4 Å². The number of carbonyl (C=O) groups excluding carboxylic acids is 1. The first-order valence-electron chi connectivity index (χ1n) is 5.26. The number of benzene rings is 1. The molecule has 0 aliphatic heterocycles. The molecule has 84 valence electrons. The van der Waals surface area contributed by atoms with E-state index in [0.717, 1.165) is 5.69 Å². The standard InChI is InChI=1S/C13H16N2O/c1-3-8-12(14)13(16)15(4-2)11-9-6-5-7-10-11/h1,5-7,9-10,12H,4,8,14H2,2H3. The van der Waals surface area contributed by atoms with Crippen LogP contribution in [0.1, 0.15) is 13.3 Å². The van der Waals surface area contributed by atoms with Crippen LogP contribution in [0.4, 0.5) is 5.69 Å². The molecule has 0 aromatic heterocycles. The van der Waals surface area contributed by atoms with Crippen molar-refractivity contribution < 1.29 is 4.79 Å². The summed E-state index contributed by atoms with van der Waals surface area (Å²) in [6, 6.07) is 8.82. The van der Waals surface area contributed by atoms with Crippen LogP contribution in [0.5, 0.6) is 0 Å². The van der Waals surface area contributed by atoms with Gasteiger partial charge in [0.1, 0.15) is 0 Å². The van der Waals surface area contributed by atoms with E-state index in [4.69, 9.17) is 12.2 Å². The van der Waals surface area contributed by atoms with Crippen LogP contribution >= 0.6 is 0 Å². The Morgan fingerprint density at radius 1 is 1.50 bits per heavy atom. The Bertz CT molecular complexity index is 381. The lowest BCUT2D eigenvalue weighted by atomic mass is 10.2. The number of hydrogen-bond acceptors (Lipinski definition) is 2. The van der Waals surface area contributed by atoms with E-state index in [1.807, 2.05) is 37.3 Å². The summed E-state index contributed by atoms with van der Waals surface area (Å²) in [6.07, 6.45) is 5.41. The van der Waals surface area contributed by atoms with Crippen LogP contribution in [0.3, 0.4) is 0 Å². The molecule has 0 aliphatic rings. The van der Waals surface area contributed by atoms with Gasteiger partial charge in [-0.3, -0.25) is 4.79 Å². The molecule has 1 aromatic carbocycles. The maximum Gasteiger partial charge on any atom is 0.244 e. The Labute approximate surface area is 96.2 Å². The van der Waals surface area contributed by atoms with Crippen LogP contribution < -0.4 is 10.6 Å². The van der Waals surface area contributed by atoms with Crippen LogP contribution in [0.15, 0.2) is 30.3 Å². The number of amides is 1. The quantitative estimate of drug-likeness (QED) is 0.773. The molecular formula is C13H16N2O. The topological polar surface area (TPSA) is 46.3 Å². The predicted molar refractivity (Wildman–Crippen MR) is 65.9 cm³/mol. The van der Waals surface area contributed by atoms with Crippen molar-refractivity contribution in [1.29, 1.82) is 0 Å². The number of hydrogen-bond donors (Lipinski definition) is 1. The zero-order valence-electron chi connectivity index (χ0n) is 9.39. The lowest BCUT2D eigenvalue weighted by Gasteiger charge is -2.23. The molecule has 0 radical (unpaired) electrons. The van der Waals surface area contributed by atoms with Crippen molar-refractivity contribution in [3.8, 4) is 12.3 Å². The fourth-order valence-corrected chi connectivity index (χ4v) is 1.49. The summed E-state index contributed by atoms with van der Waals surface area (Å²) in [6.45, 7) is 2.49. The maximum absolute atomic E-state index is 12.0. The van der Waals surface area contributed by atoms with Gasteiger partial charge in [0, 0.05) is 18.7 Å². The van der Waals surface area contributed by atoms with E-state index < -0.39 is 6.04 Å². The molecule has 16 heavy (non-hydrogen) atoms. The molecule has 1 atom stereocenters. The highest BCUT2D eigenvalue weighted by atomic mass is 16.2. The molecule has 0 saturated heterocycles. The normalized spacial score (nSPS) is 11.6. The van der Waals surface area contributed by atoms with Crippen molar-refractivity contribution >= 4 is 11.6 Å². The summed E-state index contributed by atoms with van der Waals surface area (Å²) in [4.78, 5) is 13.6. The van der Waals surface area contributed by atoms with Gasteiger partial charge in [0.25, 0.3) is 0 Å². The molecule has 0 aliphatic carbocycles. The molecular weight excluding hydrogens is 200 g/mol. The first kappa shape index (κ1) is 12.3. The number of rotatable bonds is 4. The van der Waals surface area contributed by atoms with Crippen LogP contribution in [0, 0.1) is 12.3 Å². The minimum Gasteiger partial charge on any atom is -0.319 e. The number of carbonyl (C=O) groups is 1. The lowest BCUT2D eigenvalue weighted by Crippen LogP contribution is -2.43. The average Bonchev–Trinajstić information content (AvgIpc) is 2.31. The SMILES string of the molecule is C#CCC(N)C(=O)N(CC)c1ccccc1. The van der Waals surface area contributed by atoms with E-state index in [1.54, 1.807) is 4.90 Å². The molecule has 1 amide bonds. The van der Waals surface area contributed by atoms with Gasteiger partial charge in [-0.15, -0.1) is 12.3 Å². The lowest BCUT2D eigenvalue weighted by molar-refractivity contribution is -0.119. The van der Waals surface area contributed by atoms with E-state index in [0.29, 0.717) is 6.54 Å². The third-order valence-electron chi connectivity index (χ3n) is 2.31. The number of anilines is 1. The number of terminal acetylenes is 1. The number of nitrogens with two attached hydrogens (primary N) is 1. The minimum absolute atomic E-state index is 0.133. The van der Waals surface area contributed by atoms with Crippen LogP contribution in [-0.4, -0.2) is 18.5 Å². The van der Waals surface area contributed by atoms with Gasteiger partial charge in [0.15, 0.2) is 0 Å². The van der Waals surface area contributed by atoms with Crippen LogP contribution in [0.2, 0.25) is 0 Å². The molecule has 2 N–H and O–H groups in total. The van der Waals surface area contributed by atoms with E-state index in [2.05, 4.69) is 5.92 Å². The summed E-state index contributed by atoms with van der Waals surface area (Å²) >= 11 is 0. The largest absolute Gasteiger partial charge is 0.319 e. The fraction of sp³-hybridized carbons (Fsp3) is 0.308. The Morgan fingerprint density at radius 3 is 2.62 bits per heavy atom. The molecule has 0 fully saturated rings. The predicted octanol–water partition coefficient (Wildman–Crippen LogP) is 1.39. The molecule has 0 heterocycles. The minimum atomic E-state index is -0.620. The summed E-state index contributed by atoms with van der Waals surface area (Å²) in [5, 5.41) is 0. The van der Waals surface area contributed by atoms with Gasteiger partial charge in [0.2, 0.25) is 5.91 Å². The number of nitrogens with zero attached hydrogens (tertiary/aromatic N) is 1. The van der Waals surface area contributed by atoms with Gasteiger partial charge in [-0.25, -0.2) is 0 Å². The Morgan fingerprint density at radius 2 is 2.12 bits per heavy atom. The number of para-hydroxylation sites is 1. The molecule has 1 rings (SSSR count). The molecule has 0 spiro atoms. The second-order valence-corrected chi connectivity index (χ2v) is 3.43. The highest BCUT2D eigenvalue weighted by Crippen LogP contribution is 2.14. The second kappa shape index (κ2) is 5.94.